The van der Waals surface area contributed by atoms with E-state index in [0.717, 1.165) is 16.8 Å². The summed E-state index contributed by atoms with van der Waals surface area (Å²) in [4.78, 5) is 10.5. The molecule has 0 spiro atoms. The molecule has 0 unspecified atom stereocenters. The highest BCUT2D eigenvalue weighted by Crippen LogP contribution is 2.25. The number of aromatic nitrogens is 4. The van der Waals surface area contributed by atoms with Gasteiger partial charge in [0.05, 0.1) is 10.6 Å². The Hall–Kier alpha value is -2.74. The predicted molar refractivity (Wildman–Crippen MR) is 91.3 cm³/mol. The average molecular weight is 341 g/mol. The van der Waals surface area contributed by atoms with Gasteiger partial charge in [0.25, 0.3) is 5.69 Å². The molecule has 0 amide bonds. The molecule has 0 radical (unpaired) electrons. The Bertz CT molecular complexity index is 894. The zero-order valence-corrected chi connectivity index (χ0v) is 14.0. The van der Waals surface area contributed by atoms with Gasteiger partial charge in [-0.25, -0.2) is 0 Å². The lowest BCUT2D eigenvalue weighted by Crippen LogP contribution is -2.02. The smallest absolute Gasteiger partial charge is 0.258 e. The Morgan fingerprint density at radius 2 is 2.04 bits per heavy atom. The molecular formula is C16H15N5O2S. The van der Waals surface area contributed by atoms with Crippen LogP contribution >= 0.6 is 11.8 Å². The van der Waals surface area contributed by atoms with Gasteiger partial charge in [0.15, 0.2) is 0 Å². The summed E-state index contributed by atoms with van der Waals surface area (Å²) in [6.45, 7) is 4.05. The number of rotatable bonds is 5. The van der Waals surface area contributed by atoms with E-state index in [2.05, 4.69) is 21.6 Å². The van der Waals surface area contributed by atoms with Crippen LogP contribution in [0.4, 0.5) is 5.69 Å². The molecule has 1 heterocycles. The van der Waals surface area contributed by atoms with Gasteiger partial charge in [-0.05, 0) is 41.5 Å². The van der Waals surface area contributed by atoms with Crippen LogP contribution < -0.4 is 0 Å². The fraction of sp³-hybridized carbons (Fsp3) is 0.188. The molecule has 0 fully saturated rings. The molecule has 0 saturated carbocycles. The topological polar surface area (TPSA) is 86.7 Å². The molecule has 2 aromatic carbocycles. The first-order chi connectivity index (χ1) is 11.5. The fourth-order valence-electron chi connectivity index (χ4n) is 2.37. The van der Waals surface area contributed by atoms with Gasteiger partial charge in [-0.3, -0.25) is 10.1 Å². The SMILES string of the molecule is Cc1ccc(-n2nnnc2SCc2cccc([N+](=O)[O-])c2)c(C)c1. The van der Waals surface area contributed by atoms with Crippen LogP contribution in [0.3, 0.4) is 0 Å². The maximum atomic E-state index is 10.9. The molecule has 122 valence electrons. The highest BCUT2D eigenvalue weighted by molar-refractivity contribution is 7.98. The second-order valence-electron chi connectivity index (χ2n) is 5.38. The van der Waals surface area contributed by atoms with Crippen molar-refractivity contribution in [1.29, 1.82) is 0 Å². The van der Waals surface area contributed by atoms with Crippen LogP contribution in [0.15, 0.2) is 47.6 Å². The summed E-state index contributed by atoms with van der Waals surface area (Å²) < 4.78 is 1.69. The highest BCUT2D eigenvalue weighted by Gasteiger charge is 2.12. The van der Waals surface area contributed by atoms with Crippen molar-refractivity contribution in [2.45, 2.75) is 24.8 Å². The van der Waals surface area contributed by atoms with Crippen LogP contribution in [-0.4, -0.2) is 25.1 Å². The summed E-state index contributed by atoms with van der Waals surface area (Å²) in [7, 11) is 0. The first-order valence-corrected chi connectivity index (χ1v) is 8.25. The summed E-state index contributed by atoms with van der Waals surface area (Å²) in [5.41, 5.74) is 4.12. The third-order valence-corrected chi connectivity index (χ3v) is 4.50. The predicted octanol–water partition coefficient (Wildman–Crippen LogP) is 3.48. The molecule has 0 aliphatic rings. The van der Waals surface area contributed by atoms with Crippen molar-refractivity contribution < 1.29 is 4.92 Å². The van der Waals surface area contributed by atoms with Gasteiger partial charge in [0.1, 0.15) is 0 Å². The number of hydrogen-bond acceptors (Lipinski definition) is 6. The second-order valence-corrected chi connectivity index (χ2v) is 6.32. The van der Waals surface area contributed by atoms with Gasteiger partial charge in [-0.1, -0.05) is 41.6 Å². The quantitative estimate of drug-likeness (QED) is 0.401. The third-order valence-electron chi connectivity index (χ3n) is 3.51. The van der Waals surface area contributed by atoms with Crippen LogP contribution in [0.1, 0.15) is 16.7 Å². The van der Waals surface area contributed by atoms with E-state index in [0.29, 0.717) is 10.9 Å². The summed E-state index contributed by atoms with van der Waals surface area (Å²) in [6.07, 6.45) is 0. The number of benzene rings is 2. The van der Waals surface area contributed by atoms with Crippen molar-refractivity contribution in [2.24, 2.45) is 0 Å². The first-order valence-electron chi connectivity index (χ1n) is 7.27. The third kappa shape index (κ3) is 3.43. The lowest BCUT2D eigenvalue weighted by molar-refractivity contribution is -0.384. The van der Waals surface area contributed by atoms with E-state index in [-0.39, 0.29) is 5.69 Å². The number of nitro benzene ring substituents is 1. The van der Waals surface area contributed by atoms with Crippen molar-refractivity contribution >= 4 is 17.4 Å². The van der Waals surface area contributed by atoms with E-state index in [4.69, 9.17) is 0 Å². The Balaban J connectivity index is 1.81. The van der Waals surface area contributed by atoms with Crippen molar-refractivity contribution in [3.63, 3.8) is 0 Å². The molecule has 0 N–H and O–H groups in total. The van der Waals surface area contributed by atoms with Gasteiger partial charge in [-0.15, -0.1) is 5.10 Å². The normalized spacial score (nSPS) is 10.8. The Morgan fingerprint density at radius 3 is 2.79 bits per heavy atom. The van der Waals surface area contributed by atoms with Crippen molar-refractivity contribution in [1.82, 2.24) is 20.2 Å². The van der Waals surface area contributed by atoms with Crippen molar-refractivity contribution in [3.05, 3.63) is 69.3 Å². The molecule has 0 aliphatic carbocycles. The van der Waals surface area contributed by atoms with Gasteiger partial charge in [-0.2, -0.15) is 4.68 Å². The van der Waals surface area contributed by atoms with Crippen LogP contribution in [0.5, 0.6) is 0 Å². The minimum Gasteiger partial charge on any atom is -0.258 e. The number of thioether (sulfide) groups is 1. The molecule has 3 rings (SSSR count). The molecule has 0 atom stereocenters. The molecule has 1 aromatic heterocycles. The van der Waals surface area contributed by atoms with E-state index in [1.54, 1.807) is 16.8 Å². The molecule has 7 nitrogen and oxygen atoms in total. The molecule has 3 aromatic rings. The molecule has 24 heavy (non-hydrogen) atoms. The molecule has 0 aliphatic heterocycles. The molecule has 0 saturated heterocycles. The van der Waals surface area contributed by atoms with Gasteiger partial charge < -0.3 is 0 Å². The average Bonchev–Trinajstić information content (AvgIpc) is 3.01. The van der Waals surface area contributed by atoms with E-state index in [1.807, 2.05) is 32.0 Å². The largest absolute Gasteiger partial charge is 0.269 e. The standard InChI is InChI=1S/C16H15N5O2S/c1-11-6-7-15(12(2)8-11)20-16(17-18-19-20)24-10-13-4-3-5-14(9-13)21(22)23/h3-9H,10H2,1-2H3. The number of aryl methyl sites for hydroxylation is 2. The number of non-ortho nitro benzene ring substituents is 1. The number of tetrazole rings is 1. The Kier molecular flexibility index (Phi) is 4.57. The van der Waals surface area contributed by atoms with Crippen LogP contribution in [0.25, 0.3) is 5.69 Å². The Labute approximate surface area is 142 Å². The molecular weight excluding hydrogens is 326 g/mol. The molecule has 8 heteroatoms. The first kappa shape index (κ1) is 16.1. The lowest BCUT2D eigenvalue weighted by Gasteiger charge is -2.08. The van der Waals surface area contributed by atoms with E-state index >= 15 is 0 Å². The van der Waals surface area contributed by atoms with Crippen LogP contribution in [0.2, 0.25) is 0 Å². The van der Waals surface area contributed by atoms with Crippen LogP contribution in [0, 0.1) is 24.0 Å². The van der Waals surface area contributed by atoms with Gasteiger partial charge in [0.2, 0.25) is 5.16 Å². The minimum atomic E-state index is -0.395. The van der Waals surface area contributed by atoms with E-state index in [9.17, 15) is 10.1 Å². The van der Waals surface area contributed by atoms with Gasteiger partial charge >= 0.3 is 0 Å². The highest BCUT2D eigenvalue weighted by atomic mass is 32.2. The minimum absolute atomic E-state index is 0.0853. The lowest BCUT2D eigenvalue weighted by atomic mass is 10.1. The zero-order chi connectivity index (χ0) is 17.1. The van der Waals surface area contributed by atoms with Crippen molar-refractivity contribution in [2.75, 3.05) is 0 Å². The summed E-state index contributed by atoms with van der Waals surface area (Å²) in [5.74, 6) is 0.549. The second kappa shape index (κ2) is 6.79. The monoisotopic (exact) mass is 341 g/mol. The van der Waals surface area contributed by atoms with E-state index in [1.165, 1.54) is 23.4 Å². The summed E-state index contributed by atoms with van der Waals surface area (Å²) >= 11 is 1.44. The fourth-order valence-corrected chi connectivity index (χ4v) is 3.20. The maximum absolute atomic E-state index is 10.9. The van der Waals surface area contributed by atoms with Crippen molar-refractivity contribution in [3.8, 4) is 5.69 Å². The van der Waals surface area contributed by atoms with Crippen LogP contribution in [-0.2, 0) is 5.75 Å². The number of nitro groups is 1. The molecule has 0 bridgehead atoms. The number of hydrogen-bond donors (Lipinski definition) is 0. The zero-order valence-electron chi connectivity index (χ0n) is 13.2. The maximum Gasteiger partial charge on any atom is 0.269 e. The van der Waals surface area contributed by atoms with Gasteiger partial charge in [0, 0.05) is 17.9 Å². The van der Waals surface area contributed by atoms with E-state index < -0.39 is 4.92 Å². The number of nitrogens with zero attached hydrogens (tertiary/aromatic N) is 5. The summed E-state index contributed by atoms with van der Waals surface area (Å²) in [6, 6.07) is 12.7. The summed E-state index contributed by atoms with van der Waals surface area (Å²) in [5, 5.41) is 23.4. The Morgan fingerprint density at radius 1 is 1.21 bits per heavy atom.